The molecule has 0 unspecified atom stereocenters. The van der Waals surface area contributed by atoms with Crippen LogP contribution in [0.15, 0.2) is 29.3 Å². The van der Waals surface area contributed by atoms with E-state index in [2.05, 4.69) is 15.6 Å². The second kappa shape index (κ2) is 15.0. The molecule has 1 saturated carbocycles. The summed E-state index contributed by atoms with van der Waals surface area (Å²) in [6, 6.07) is 7.07. The Morgan fingerprint density at radius 3 is 2.42 bits per heavy atom. The second-order valence-corrected chi connectivity index (χ2v) is 7.59. The molecule has 9 heteroatoms. The zero-order valence-electron chi connectivity index (χ0n) is 18.5. The van der Waals surface area contributed by atoms with Crippen molar-refractivity contribution in [2.75, 3.05) is 19.7 Å². The Balaban J connectivity index is 0.00000480. The van der Waals surface area contributed by atoms with Gasteiger partial charge in [0.2, 0.25) is 0 Å². The monoisotopic (exact) mass is 546 g/mol. The summed E-state index contributed by atoms with van der Waals surface area (Å²) in [6.45, 7) is 5.85. The molecule has 0 aromatic heterocycles. The number of unbranched alkanes of at least 4 members (excludes halogenated alkanes) is 1. The van der Waals surface area contributed by atoms with E-state index < -0.39 is 0 Å². The van der Waals surface area contributed by atoms with Crippen LogP contribution in [0.3, 0.4) is 0 Å². The van der Waals surface area contributed by atoms with Gasteiger partial charge in [-0.3, -0.25) is 19.9 Å². The van der Waals surface area contributed by atoms with E-state index in [0.29, 0.717) is 12.6 Å². The number of hydrogen-bond acceptors (Lipinski definition) is 5. The summed E-state index contributed by atoms with van der Waals surface area (Å²) in [5.74, 6) is 0.791. The molecule has 0 saturated heterocycles. The Morgan fingerprint density at radius 2 is 1.84 bits per heavy atom. The molecule has 0 atom stereocenters. The predicted octanol–water partition coefficient (Wildman–Crippen LogP) is 4.21. The molecule has 1 aromatic rings. The number of halogens is 1. The summed E-state index contributed by atoms with van der Waals surface area (Å²) in [6.07, 6.45) is 6.39. The molecule has 0 bridgehead atoms. The number of rotatable bonds is 10. The molecular formula is C22H35IN4O4. The highest BCUT2D eigenvalue weighted by Gasteiger charge is 2.27. The molecule has 0 aliphatic heterocycles. The van der Waals surface area contributed by atoms with Gasteiger partial charge in [0.25, 0.3) is 5.69 Å². The third kappa shape index (κ3) is 9.84. The van der Waals surface area contributed by atoms with Crippen LogP contribution in [0.2, 0.25) is 0 Å². The fraction of sp³-hybridized carbons (Fsp3) is 0.636. The third-order valence-corrected chi connectivity index (χ3v) is 5.32. The molecule has 2 N–H and O–H groups in total. The number of nitrogens with one attached hydrogen (secondary N) is 2. The molecule has 174 valence electrons. The summed E-state index contributed by atoms with van der Waals surface area (Å²) < 4.78 is 5.14. The molecule has 0 amide bonds. The normalized spacial score (nSPS) is 18.6. The van der Waals surface area contributed by atoms with E-state index in [9.17, 15) is 14.9 Å². The fourth-order valence-corrected chi connectivity index (χ4v) is 3.66. The van der Waals surface area contributed by atoms with Crippen LogP contribution in [-0.4, -0.2) is 42.6 Å². The standard InChI is InChI=1S/C22H34N4O4.HI/c1-3-23-22(25-19-12-10-18(11-13-19)21(27)30-4-2)24-16-6-5-7-17-8-14-20(15-9-17)26(28)29;/h8-9,14-15,18-19H,3-7,10-13,16H2,1-2H3,(H2,23,24,25);1H. The number of nitro groups is 1. The molecule has 1 aliphatic carbocycles. The molecule has 0 radical (unpaired) electrons. The Labute approximate surface area is 201 Å². The Hall–Kier alpha value is -1.91. The van der Waals surface area contributed by atoms with Gasteiger partial charge in [-0.15, -0.1) is 24.0 Å². The maximum atomic E-state index is 11.9. The second-order valence-electron chi connectivity index (χ2n) is 7.59. The smallest absolute Gasteiger partial charge is 0.308 e. The molecule has 1 aromatic carbocycles. The SMILES string of the molecule is CCNC(=NCCCCc1ccc([N+](=O)[O-])cc1)NC1CCC(C(=O)OCC)CC1.I. The highest BCUT2D eigenvalue weighted by molar-refractivity contribution is 14.0. The Bertz CT molecular complexity index is 704. The van der Waals surface area contributed by atoms with Crippen molar-refractivity contribution in [2.45, 2.75) is 64.8 Å². The van der Waals surface area contributed by atoms with Crippen molar-refractivity contribution >= 4 is 41.6 Å². The summed E-state index contributed by atoms with van der Waals surface area (Å²) >= 11 is 0. The van der Waals surface area contributed by atoms with E-state index in [1.54, 1.807) is 12.1 Å². The van der Waals surface area contributed by atoms with Gasteiger partial charge >= 0.3 is 5.97 Å². The average molecular weight is 546 g/mol. The van der Waals surface area contributed by atoms with E-state index in [1.165, 1.54) is 0 Å². The number of esters is 1. The lowest BCUT2D eigenvalue weighted by molar-refractivity contribution is -0.384. The number of carbonyl (C=O) groups excluding carboxylic acids is 1. The zero-order valence-corrected chi connectivity index (χ0v) is 20.8. The lowest BCUT2D eigenvalue weighted by atomic mass is 9.86. The topological polar surface area (TPSA) is 106 Å². The minimum Gasteiger partial charge on any atom is -0.466 e. The van der Waals surface area contributed by atoms with E-state index in [4.69, 9.17) is 4.74 Å². The van der Waals surface area contributed by atoms with Crippen LogP contribution >= 0.6 is 24.0 Å². The first-order valence-electron chi connectivity index (χ1n) is 11.0. The molecule has 0 spiro atoms. The van der Waals surface area contributed by atoms with Gasteiger partial charge in [0.15, 0.2) is 5.96 Å². The van der Waals surface area contributed by atoms with E-state index in [0.717, 1.165) is 69.6 Å². The number of benzene rings is 1. The van der Waals surface area contributed by atoms with Crippen LogP contribution in [0.25, 0.3) is 0 Å². The quantitative estimate of drug-likeness (QED) is 0.0867. The number of nitrogens with zero attached hydrogens (tertiary/aromatic N) is 2. The van der Waals surface area contributed by atoms with Gasteiger partial charge in [-0.2, -0.15) is 0 Å². The van der Waals surface area contributed by atoms with Crippen molar-refractivity contribution in [3.8, 4) is 0 Å². The van der Waals surface area contributed by atoms with Gasteiger partial charge in [-0.1, -0.05) is 12.1 Å². The van der Waals surface area contributed by atoms with Gasteiger partial charge in [-0.05, 0) is 64.4 Å². The first-order valence-corrected chi connectivity index (χ1v) is 11.0. The maximum absolute atomic E-state index is 11.9. The molecule has 8 nitrogen and oxygen atoms in total. The highest BCUT2D eigenvalue weighted by atomic mass is 127. The van der Waals surface area contributed by atoms with Crippen LogP contribution in [0.5, 0.6) is 0 Å². The number of non-ortho nitro benzene ring substituents is 1. The predicted molar refractivity (Wildman–Crippen MR) is 133 cm³/mol. The van der Waals surface area contributed by atoms with Crippen molar-refractivity contribution in [3.63, 3.8) is 0 Å². The third-order valence-electron chi connectivity index (χ3n) is 5.32. The van der Waals surface area contributed by atoms with Crippen molar-refractivity contribution in [1.29, 1.82) is 0 Å². The lowest BCUT2D eigenvalue weighted by Crippen LogP contribution is -2.45. The number of nitro benzene ring substituents is 1. The number of carbonyl (C=O) groups is 1. The van der Waals surface area contributed by atoms with Crippen LogP contribution in [0.1, 0.15) is 57.9 Å². The van der Waals surface area contributed by atoms with Crippen molar-refractivity contribution in [3.05, 3.63) is 39.9 Å². The largest absolute Gasteiger partial charge is 0.466 e. The molecule has 1 fully saturated rings. The molecule has 31 heavy (non-hydrogen) atoms. The zero-order chi connectivity index (χ0) is 21.8. The first kappa shape index (κ1) is 27.1. The van der Waals surface area contributed by atoms with Crippen LogP contribution in [0.4, 0.5) is 5.69 Å². The van der Waals surface area contributed by atoms with Crippen LogP contribution < -0.4 is 10.6 Å². The van der Waals surface area contributed by atoms with Crippen molar-refractivity contribution in [2.24, 2.45) is 10.9 Å². The first-order chi connectivity index (χ1) is 14.5. The Kier molecular flexibility index (Phi) is 13.1. The Morgan fingerprint density at radius 1 is 1.16 bits per heavy atom. The molecule has 0 heterocycles. The van der Waals surface area contributed by atoms with Gasteiger partial charge < -0.3 is 15.4 Å². The number of aryl methyl sites for hydroxylation is 1. The summed E-state index contributed by atoms with van der Waals surface area (Å²) in [7, 11) is 0. The molecule has 1 aliphatic rings. The van der Waals surface area contributed by atoms with Crippen molar-refractivity contribution in [1.82, 2.24) is 10.6 Å². The number of guanidine groups is 1. The fourth-order valence-electron chi connectivity index (χ4n) is 3.66. The average Bonchev–Trinajstić information content (AvgIpc) is 2.74. The molecular weight excluding hydrogens is 511 g/mol. The van der Waals surface area contributed by atoms with Gasteiger partial charge in [0.05, 0.1) is 17.4 Å². The maximum Gasteiger partial charge on any atom is 0.308 e. The van der Waals surface area contributed by atoms with Crippen LogP contribution in [-0.2, 0) is 16.0 Å². The summed E-state index contributed by atoms with van der Waals surface area (Å²) in [5, 5.41) is 17.5. The lowest BCUT2D eigenvalue weighted by Gasteiger charge is -2.29. The number of hydrogen-bond donors (Lipinski definition) is 2. The van der Waals surface area contributed by atoms with Gasteiger partial charge in [0.1, 0.15) is 0 Å². The van der Waals surface area contributed by atoms with E-state index >= 15 is 0 Å². The minimum atomic E-state index is -0.378. The van der Waals surface area contributed by atoms with Crippen LogP contribution in [0, 0.1) is 16.0 Å². The summed E-state index contributed by atoms with van der Waals surface area (Å²) in [4.78, 5) is 26.9. The van der Waals surface area contributed by atoms with E-state index in [1.807, 2.05) is 26.0 Å². The van der Waals surface area contributed by atoms with Gasteiger partial charge in [0, 0.05) is 31.3 Å². The van der Waals surface area contributed by atoms with Crippen molar-refractivity contribution < 1.29 is 14.5 Å². The highest BCUT2D eigenvalue weighted by Crippen LogP contribution is 2.25. The molecule has 2 rings (SSSR count). The summed E-state index contributed by atoms with van der Waals surface area (Å²) in [5.41, 5.74) is 1.23. The number of ether oxygens (including phenoxy) is 1. The van der Waals surface area contributed by atoms with E-state index in [-0.39, 0.29) is 46.5 Å². The number of aliphatic imine (C=N–C) groups is 1. The minimum absolute atomic E-state index is 0. The van der Waals surface area contributed by atoms with Gasteiger partial charge in [-0.25, -0.2) is 0 Å².